The van der Waals surface area contributed by atoms with Gasteiger partial charge in [-0.25, -0.2) is 13.7 Å². The van der Waals surface area contributed by atoms with Crippen molar-refractivity contribution in [2.24, 2.45) is 0 Å². The lowest BCUT2D eigenvalue weighted by atomic mass is 10.1. The summed E-state index contributed by atoms with van der Waals surface area (Å²) in [5.74, 6) is 1.66. The van der Waals surface area contributed by atoms with Gasteiger partial charge in [0.2, 0.25) is 0 Å². The normalized spacial score (nSPS) is 21.0. The maximum Gasteiger partial charge on any atom is 0.334 e. The number of hydrogen-bond acceptors (Lipinski definition) is 5. The van der Waals surface area contributed by atoms with Gasteiger partial charge >= 0.3 is 5.97 Å². The monoisotopic (exact) mass is 353 g/mol. The number of carbonyl (C=O) groups is 1. The summed E-state index contributed by atoms with van der Waals surface area (Å²) in [6, 6.07) is -0.140. The van der Waals surface area contributed by atoms with E-state index in [0.29, 0.717) is 6.61 Å². The van der Waals surface area contributed by atoms with Gasteiger partial charge in [0, 0.05) is 11.5 Å². The number of esters is 1. The van der Waals surface area contributed by atoms with Gasteiger partial charge in [-0.1, -0.05) is 13.3 Å². The third-order valence-corrected chi connectivity index (χ3v) is 8.27. The number of ether oxygens (including phenoxy) is 1. The van der Waals surface area contributed by atoms with Gasteiger partial charge in [-0.15, -0.1) is 23.5 Å². The van der Waals surface area contributed by atoms with Gasteiger partial charge in [0.25, 0.3) is 0 Å². The van der Waals surface area contributed by atoms with Gasteiger partial charge in [-0.05, 0) is 34.1 Å². The zero-order chi connectivity index (χ0) is 16.1. The first-order valence-corrected chi connectivity index (χ1v) is 10.5. The Morgan fingerprint density at radius 2 is 1.90 bits per heavy atom. The molecular weight excluding hydrogens is 326 g/mol. The zero-order valence-corrected chi connectivity index (χ0v) is 16.0. The van der Waals surface area contributed by atoms with E-state index < -0.39 is 15.1 Å². The predicted octanol–water partition coefficient (Wildman–Crippen LogP) is 2.95. The van der Waals surface area contributed by atoms with Crippen molar-refractivity contribution in [3.8, 4) is 0 Å². The van der Waals surface area contributed by atoms with E-state index in [4.69, 9.17) is 4.74 Å². The van der Waals surface area contributed by atoms with Crippen LogP contribution in [0.2, 0.25) is 0 Å². The number of carbonyl (C=O) groups excluding carboxylic acids is 1. The second kappa shape index (κ2) is 8.22. The molecule has 0 spiro atoms. The molecule has 1 heterocycles. The van der Waals surface area contributed by atoms with Gasteiger partial charge < -0.3 is 4.74 Å². The summed E-state index contributed by atoms with van der Waals surface area (Å²) in [4.78, 5) is 12.5. The highest BCUT2D eigenvalue weighted by atomic mass is 32.2. The molecule has 1 N–H and O–H groups in total. The summed E-state index contributed by atoms with van der Waals surface area (Å²) >= 11 is 3.26. The molecule has 1 aliphatic heterocycles. The van der Waals surface area contributed by atoms with Crippen LogP contribution < -0.4 is 4.72 Å². The van der Waals surface area contributed by atoms with E-state index in [-0.39, 0.29) is 16.8 Å². The van der Waals surface area contributed by atoms with Crippen LogP contribution in [0.25, 0.3) is 0 Å². The van der Waals surface area contributed by atoms with Crippen LogP contribution in [0.5, 0.6) is 0 Å². The van der Waals surface area contributed by atoms with E-state index in [0.717, 1.165) is 24.3 Å². The van der Waals surface area contributed by atoms with Crippen molar-refractivity contribution in [3.63, 3.8) is 0 Å². The molecule has 1 aliphatic rings. The molecule has 1 saturated heterocycles. The molecule has 7 heteroatoms. The summed E-state index contributed by atoms with van der Waals surface area (Å²) in [5, 5.41) is 0. The van der Waals surface area contributed by atoms with Gasteiger partial charge in [-0.2, -0.15) is 0 Å². The summed E-state index contributed by atoms with van der Waals surface area (Å²) in [7, 11) is -1.20. The molecule has 1 rings (SSSR count). The fraction of sp³-hybridized carbons (Fsp3) is 0.929. The van der Waals surface area contributed by atoms with Crippen molar-refractivity contribution in [2.45, 2.75) is 62.3 Å². The van der Waals surface area contributed by atoms with Crippen LogP contribution in [-0.2, 0) is 20.5 Å². The standard InChI is InChI=1S/C14H27NO3S3/c1-6-8-11(15-21(17)13(3,4)5)14(12(16)18-7-2)19-9-10-20-14/h11,15H,6-10H2,1-5H3/t11-,21?/m0/s1. The van der Waals surface area contributed by atoms with Crippen molar-refractivity contribution in [3.05, 3.63) is 0 Å². The van der Waals surface area contributed by atoms with Crippen LogP contribution in [0.15, 0.2) is 0 Å². The Balaban J connectivity index is 2.98. The van der Waals surface area contributed by atoms with Crippen molar-refractivity contribution < 1.29 is 13.7 Å². The second-order valence-corrected chi connectivity index (χ2v) is 10.9. The number of rotatable bonds is 7. The lowest BCUT2D eigenvalue weighted by Gasteiger charge is -2.35. The molecule has 0 aromatic rings. The molecule has 4 nitrogen and oxygen atoms in total. The summed E-state index contributed by atoms with van der Waals surface area (Å²) in [6.07, 6.45) is 1.74. The van der Waals surface area contributed by atoms with Gasteiger partial charge in [-0.3, -0.25) is 0 Å². The molecule has 0 aromatic carbocycles. The predicted molar refractivity (Wildman–Crippen MR) is 94.0 cm³/mol. The SMILES string of the molecule is CCC[C@H](NS(=O)C(C)(C)C)C1(C(=O)OCC)SCCS1. The fourth-order valence-electron chi connectivity index (χ4n) is 2.04. The molecule has 0 radical (unpaired) electrons. The first kappa shape index (κ1) is 19.3. The van der Waals surface area contributed by atoms with E-state index in [1.54, 1.807) is 23.5 Å². The van der Waals surface area contributed by atoms with Gasteiger partial charge in [0.1, 0.15) is 0 Å². The zero-order valence-electron chi connectivity index (χ0n) is 13.6. The molecular formula is C14H27NO3S3. The van der Waals surface area contributed by atoms with Crippen molar-refractivity contribution in [1.29, 1.82) is 0 Å². The van der Waals surface area contributed by atoms with Crippen LogP contribution in [0.1, 0.15) is 47.5 Å². The smallest absolute Gasteiger partial charge is 0.334 e. The molecule has 0 aliphatic carbocycles. The maximum atomic E-state index is 12.5. The molecule has 0 amide bonds. The first-order valence-electron chi connectivity index (χ1n) is 7.41. The molecule has 1 fully saturated rings. The topological polar surface area (TPSA) is 55.4 Å². The molecule has 0 aromatic heterocycles. The largest absolute Gasteiger partial charge is 0.464 e. The van der Waals surface area contributed by atoms with Crippen LogP contribution >= 0.6 is 23.5 Å². The average Bonchev–Trinajstić information content (AvgIpc) is 2.87. The van der Waals surface area contributed by atoms with Gasteiger partial charge in [0.15, 0.2) is 4.08 Å². The molecule has 0 saturated carbocycles. The van der Waals surface area contributed by atoms with Crippen LogP contribution in [0, 0.1) is 0 Å². The third-order valence-electron chi connectivity index (χ3n) is 3.12. The van der Waals surface area contributed by atoms with E-state index >= 15 is 0 Å². The third kappa shape index (κ3) is 4.88. The van der Waals surface area contributed by atoms with Crippen LogP contribution in [-0.4, -0.2) is 43.2 Å². The molecule has 124 valence electrons. The quantitative estimate of drug-likeness (QED) is 0.713. The Labute approximate surface area is 139 Å². The van der Waals surface area contributed by atoms with E-state index in [2.05, 4.69) is 11.6 Å². The highest BCUT2D eigenvalue weighted by molar-refractivity contribution is 8.22. The Morgan fingerprint density at radius 1 is 1.33 bits per heavy atom. The second-order valence-electron chi connectivity index (χ2n) is 5.93. The molecule has 0 bridgehead atoms. The molecule has 21 heavy (non-hydrogen) atoms. The maximum absolute atomic E-state index is 12.5. The molecule has 1 unspecified atom stereocenters. The highest BCUT2D eigenvalue weighted by Gasteiger charge is 2.51. The number of nitrogens with one attached hydrogen (secondary N) is 1. The van der Waals surface area contributed by atoms with Crippen molar-refractivity contribution >= 4 is 40.5 Å². The average molecular weight is 354 g/mol. The minimum absolute atomic E-state index is 0.140. The van der Waals surface area contributed by atoms with Crippen LogP contribution in [0.4, 0.5) is 0 Å². The summed E-state index contributed by atoms with van der Waals surface area (Å²) < 4.78 is 20.0. The Bertz CT molecular complexity index is 376. The Hall–Kier alpha value is 0.280. The van der Waals surface area contributed by atoms with E-state index in [9.17, 15) is 9.00 Å². The lowest BCUT2D eigenvalue weighted by molar-refractivity contribution is -0.143. The summed E-state index contributed by atoms with van der Waals surface area (Å²) in [5.41, 5.74) is 0. The number of thioether (sulfide) groups is 2. The summed E-state index contributed by atoms with van der Waals surface area (Å²) in [6.45, 7) is 10.1. The van der Waals surface area contributed by atoms with E-state index in [1.807, 2.05) is 27.7 Å². The van der Waals surface area contributed by atoms with Crippen molar-refractivity contribution in [2.75, 3.05) is 18.1 Å². The minimum atomic E-state index is -1.20. The van der Waals surface area contributed by atoms with Gasteiger partial charge in [0.05, 0.1) is 28.4 Å². The van der Waals surface area contributed by atoms with Crippen molar-refractivity contribution in [1.82, 2.24) is 4.72 Å². The Kier molecular flexibility index (Phi) is 7.57. The minimum Gasteiger partial charge on any atom is -0.464 e. The molecule has 2 atom stereocenters. The first-order chi connectivity index (χ1) is 9.78. The fourth-order valence-corrected chi connectivity index (χ4v) is 6.31. The highest BCUT2D eigenvalue weighted by Crippen LogP contribution is 2.48. The lowest BCUT2D eigenvalue weighted by Crippen LogP contribution is -2.53. The van der Waals surface area contributed by atoms with Crippen LogP contribution in [0.3, 0.4) is 0 Å². The number of hydrogen-bond donors (Lipinski definition) is 1. The Morgan fingerprint density at radius 3 is 2.33 bits per heavy atom. The van der Waals surface area contributed by atoms with E-state index in [1.165, 1.54) is 0 Å².